The molecule has 1 atom stereocenters. The van der Waals surface area contributed by atoms with Gasteiger partial charge in [-0.15, -0.1) is 0 Å². The second kappa shape index (κ2) is 5.95. The van der Waals surface area contributed by atoms with Crippen LogP contribution in [0.5, 0.6) is 0 Å². The van der Waals surface area contributed by atoms with Crippen LogP contribution < -0.4 is 4.72 Å². The summed E-state index contributed by atoms with van der Waals surface area (Å²) in [6, 6.07) is 0. The van der Waals surface area contributed by atoms with E-state index in [2.05, 4.69) is 4.72 Å². The molecule has 0 aliphatic heterocycles. The molecule has 0 bridgehead atoms. The van der Waals surface area contributed by atoms with E-state index >= 15 is 0 Å². The fourth-order valence-corrected chi connectivity index (χ4v) is 3.03. The Balaban J connectivity index is 4.23. The lowest BCUT2D eigenvalue weighted by atomic mass is 10.1. The van der Waals surface area contributed by atoms with Gasteiger partial charge in [-0.1, -0.05) is 13.8 Å². The molecule has 0 aromatic carbocycles. The minimum Gasteiger partial charge on any atom is -0.387 e. The van der Waals surface area contributed by atoms with Crippen molar-refractivity contribution in [2.24, 2.45) is 5.92 Å². The summed E-state index contributed by atoms with van der Waals surface area (Å²) in [6.45, 7) is 5.76. The second-order valence-corrected chi connectivity index (χ2v) is 7.08. The molecule has 0 spiro atoms. The van der Waals surface area contributed by atoms with Crippen molar-refractivity contribution in [1.82, 2.24) is 9.62 Å². The van der Waals surface area contributed by atoms with E-state index in [1.54, 1.807) is 6.92 Å². The van der Waals surface area contributed by atoms with Gasteiger partial charge in [0.25, 0.3) is 0 Å². The average molecular weight is 252 g/mol. The summed E-state index contributed by atoms with van der Waals surface area (Å²) in [5.41, 5.74) is -1.05. The smallest absolute Gasteiger partial charge is 0.211 e. The summed E-state index contributed by atoms with van der Waals surface area (Å²) in [4.78, 5) is 1.82. The zero-order valence-electron chi connectivity index (χ0n) is 10.8. The van der Waals surface area contributed by atoms with E-state index in [1.165, 1.54) is 0 Å². The number of sulfonamides is 1. The molecule has 0 rings (SSSR count). The lowest BCUT2D eigenvalue weighted by Gasteiger charge is -2.27. The van der Waals surface area contributed by atoms with Crippen molar-refractivity contribution in [1.29, 1.82) is 0 Å². The Morgan fingerprint density at radius 2 is 1.88 bits per heavy atom. The maximum absolute atomic E-state index is 11.5. The van der Waals surface area contributed by atoms with Crippen LogP contribution in [0.4, 0.5) is 0 Å². The van der Waals surface area contributed by atoms with Gasteiger partial charge in [-0.05, 0) is 26.9 Å². The molecule has 0 saturated heterocycles. The Morgan fingerprint density at radius 1 is 1.38 bits per heavy atom. The van der Waals surface area contributed by atoms with Crippen molar-refractivity contribution in [2.45, 2.75) is 26.4 Å². The molecule has 0 aliphatic carbocycles. The summed E-state index contributed by atoms with van der Waals surface area (Å²) in [5.74, 6) is 0.168. The van der Waals surface area contributed by atoms with Gasteiger partial charge >= 0.3 is 0 Å². The number of nitrogens with one attached hydrogen (secondary N) is 1. The van der Waals surface area contributed by atoms with Gasteiger partial charge in [0.2, 0.25) is 10.0 Å². The molecule has 5 nitrogen and oxygen atoms in total. The molecule has 98 valence electrons. The molecular weight excluding hydrogens is 228 g/mol. The minimum absolute atomic E-state index is 0.0419. The Morgan fingerprint density at radius 3 is 2.25 bits per heavy atom. The quantitative estimate of drug-likeness (QED) is 0.662. The third-order valence-electron chi connectivity index (χ3n) is 1.88. The Hall–Kier alpha value is -0.170. The van der Waals surface area contributed by atoms with Gasteiger partial charge in [0, 0.05) is 13.1 Å². The largest absolute Gasteiger partial charge is 0.387 e. The monoisotopic (exact) mass is 252 g/mol. The molecular formula is C10H24N2O3S. The number of hydrogen-bond acceptors (Lipinski definition) is 4. The van der Waals surface area contributed by atoms with E-state index in [0.717, 1.165) is 0 Å². The van der Waals surface area contributed by atoms with E-state index in [0.29, 0.717) is 6.54 Å². The van der Waals surface area contributed by atoms with Gasteiger partial charge in [0.05, 0.1) is 11.4 Å². The van der Waals surface area contributed by atoms with E-state index in [1.807, 2.05) is 32.8 Å². The van der Waals surface area contributed by atoms with Crippen molar-refractivity contribution in [2.75, 3.05) is 32.9 Å². The van der Waals surface area contributed by atoms with Gasteiger partial charge in [0.1, 0.15) is 0 Å². The van der Waals surface area contributed by atoms with Crippen molar-refractivity contribution in [3.05, 3.63) is 0 Å². The molecule has 0 amide bonds. The number of hydrogen-bond donors (Lipinski definition) is 2. The topological polar surface area (TPSA) is 69.6 Å². The first-order valence-electron chi connectivity index (χ1n) is 5.38. The van der Waals surface area contributed by atoms with Crippen LogP contribution in [0.3, 0.4) is 0 Å². The molecule has 0 aromatic heterocycles. The maximum atomic E-state index is 11.5. The Bertz CT molecular complexity index is 297. The summed E-state index contributed by atoms with van der Waals surface area (Å²) in [5, 5.41) is 9.91. The molecule has 6 heteroatoms. The molecule has 1 unspecified atom stereocenters. The SMILES string of the molecule is CC(C)CS(=O)(=O)NCC(C)(O)CN(C)C. The number of aliphatic hydroxyl groups is 1. The van der Waals surface area contributed by atoms with Crippen LogP contribution in [-0.2, 0) is 10.0 Å². The molecule has 16 heavy (non-hydrogen) atoms. The molecule has 0 heterocycles. The summed E-state index contributed by atoms with van der Waals surface area (Å²) < 4.78 is 25.5. The first-order valence-corrected chi connectivity index (χ1v) is 7.04. The van der Waals surface area contributed by atoms with E-state index in [-0.39, 0.29) is 18.2 Å². The van der Waals surface area contributed by atoms with Gasteiger partial charge < -0.3 is 10.0 Å². The predicted molar refractivity (Wildman–Crippen MR) is 65.8 cm³/mol. The van der Waals surface area contributed by atoms with Crippen LogP contribution in [0.1, 0.15) is 20.8 Å². The summed E-state index contributed by atoms with van der Waals surface area (Å²) in [7, 11) is 0.383. The van der Waals surface area contributed by atoms with Crippen molar-refractivity contribution in [3.63, 3.8) is 0 Å². The normalized spacial score (nSPS) is 16.8. The van der Waals surface area contributed by atoms with E-state index in [4.69, 9.17) is 0 Å². The third kappa shape index (κ3) is 8.04. The molecule has 0 radical (unpaired) electrons. The van der Waals surface area contributed by atoms with E-state index in [9.17, 15) is 13.5 Å². The van der Waals surface area contributed by atoms with Crippen LogP contribution in [0.15, 0.2) is 0 Å². The van der Waals surface area contributed by atoms with Crippen LogP contribution in [0.25, 0.3) is 0 Å². The predicted octanol–water partition coefficient (Wildman–Crippen LogP) is -0.126. The van der Waals surface area contributed by atoms with Crippen LogP contribution in [0.2, 0.25) is 0 Å². The van der Waals surface area contributed by atoms with Gasteiger partial charge in [-0.2, -0.15) is 0 Å². The Labute approximate surface area is 98.9 Å². The molecule has 0 aliphatic rings. The van der Waals surface area contributed by atoms with Gasteiger partial charge in [0.15, 0.2) is 0 Å². The van der Waals surface area contributed by atoms with Crippen molar-refractivity contribution >= 4 is 10.0 Å². The van der Waals surface area contributed by atoms with Crippen LogP contribution in [-0.4, -0.2) is 57.0 Å². The summed E-state index contributed by atoms with van der Waals surface area (Å²) >= 11 is 0. The lowest BCUT2D eigenvalue weighted by molar-refractivity contribution is 0.0386. The first kappa shape index (κ1) is 15.8. The number of likely N-dealkylation sites (N-methyl/N-ethyl adjacent to an activating group) is 1. The van der Waals surface area contributed by atoms with Crippen molar-refractivity contribution in [3.8, 4) is 0 Å². The maximum Gasteiger partial charge on any atom is 0.211 e. The highest BCUT2D eigenvalue weighted by Crippen LogP contribution is 2.05. The van der Waals surface area contributed by atoms with Crippen molar-refractivity contribution < 1.29 is 13.5 Å². The first-order chi connectivity index (χ1) is 7.04. The fraction of sp³-hybridized carbons (Fsp3) is 1.00. The van der Waals surface area contributed by atoms with Crippen LogP contribution in [0, 0.1) is 5.92 Å². The summed E-state index contributed by atoms with van der Waals surface area (Å²) in [6.07, 6.45) is 0. The van der Waals surface area contributed by atoms with Gasteiger partial charge in [-0.3, -0.25) is 0 Å². The highest BCUT2D eigenvalue weighted by Gasteiger charge is 2.24. The zero-order valence-corrected chi connectivity index (χ0v) is 11.6. The second-order valence-electron chi connectivity index (χ2n) is 5.23. The van der Waals surface area contributed by atoms with Crippen LogP contribution >= 0.6 is 0 Å². The average Bonchev–Trinajstić information content (AvgIpc) is 1.96. The molecule has 0 saturated carbocycles. The highest BCUT2D eigenvalue weighted by molar-refractivity contribution is 7.89. The lowest BCUT2D eigenvalue weighted by Crippen LogP contribution is -2.47. The molecule has 2 N–H and O–H groups in total. The van der Waals surface area contributed by atoms with E-state index < -0.39 is 15.6 Å². The standard InChI is InChI=1S/C10H24N2O3S/c1-9(2)6-16(14,15)11-7-10(3,13)8-12(4)5/h9,11,13H,6-8H2,1-5H3. The van der Waals surface area contributed by atoms with Gasteiger partial charge in [-0.25, -0.2) is 13.1 Å². The molecule has 0 fully saturated rings. The molecule has 0 aromatic rings. The minimum atomic E-state index is -3.28. The zero-order chi connectivity index (χ0) is 13.0. The Kier molecular flexibility index (Phi) is 5.89. The number of rotatable bonds is 7. The fourth-order valence-electron chi connectivity index (χ4n) is 1.50. The number of nitrogens with zero attached hydrogens (tertiary/aromatic N) is 1. The third-order valence-corrected chi connectivity index (χ3v) is 3.57. The highest BCUT2D eigenvalue weighted by atomic mass is 32.2.